The first-order valence-corrected chi connectivity index (χ1v) is 4.38. The minimum absolute atomic E-state index is 0.145. The molecule has 0 fully saturated rings. The van der Waals surface area contributed by atoms with Crippen molar-refractivity contribution >= 4 is 5.97 Å². The fourth-order valence-corrected chi connectivity index (χ4v) is 1.10. The van der Waals surface area contributed by atoms with E-state index in [-0.39, 0.29) is 5.92 Å². The number of benzene rings is 1. The first-order chi connectivity index (χ1) is 7.13. The standard InChI is InChI=1S/C12H9NO2/c1-9(2-7-12(14)15)11-5-3-10(8-13)4-6-11/h3-6,9H,1H3,(H,14,15). The number of carboxylic acid groups (broad SMARTS) is 1. The molecule has 3 heteroatoms. The van der Waals surface area contributed by atoms with Crippen molar-refractivity contribution in [1.29, 1.82) is 5.26 Å². The highest BCUT2D eigenvalue weighted by Gasteiger charge is 2.01. The molecule has 0 bridgehead atoms. The van der Waals surface area contributed by atoms with E-state index in [1.807, 2.05) is 13.0 Å². The lowest BCUT2D eigenvalue weighted by molar-refractivity contribution is -0.130. The number of aliphatic carboxylic acids is 1. The summed E-state index contributed by atoms with van der Waals surface area (Å²) in [4.78, 5) is 10.2. The second kappa shape index (κ2) is 4.83. The molecule has 0 aliphatic carbocycles. The fraction of sp³-hybridized carbons (Fsp3) is 0.167. The van der Waals surface area contributed by atoms with Crippen LogP contribution >= 0.6 is 0 Å². The van der Waals surface area contributed by atoms with E-state index in [1.54, 1.807) is 24.3 Å². The highest BCUT2D eigenvalue weighted by Crippen LogP contribution is 2.14. The fourth-order valence-electron chi connectivity index (χ4n) is 1.10. The van der Waals surface area contributed by atoms with Crippen molar-refractivity contribution in [2.24, 2.45) is 0 Å². The van der Waals surface area contributed by atoms with Crippen molar-refractivity contribution < 1.29 is 9.90 Å². The van der Waals surface area contributed by atoms with Crippen LogP contribution in [0.3, 0.4) is 0 Å². The van der Waals surface area contributed by atoms with Crippen LogP contribution in [0.25, 0.3) is 0 Å². The van der Waals surface area contributed by atoms with Crippen LogP contribution in [0.15, 0.2) is 24.3 Å². The van der Waals surface area contributed by atoms with Crippen LogP contribution in [0.1, 0.15) is 24.0 Å². The molecule has 1 aromatic carbocycles. The topological polar surface area (TPSA) is 61.1 Å². The highest BCUT2D eigenvalue weighted by atomic mass is 16.4. The predicted octanol–water partition coefficient (Wildman–Crippen LogP) is 1.75. The summed E-state index contributed by atoms with van der Waals surface area (Å²) in [7, 11) is 0. The molecule has 0 aromatic heterocycles. The van der Waals surface area contributed by atoms with Crippen LogP contribution in [0, 0.1) is 23.2 Å². The summed E-state index contributed by atoms with van der Waals surface area (Å²) in [6.07, 6.45) is 0. The maximum atomic E-state index is 10.2. The summed E-state index contributed by atoms with van der Waals surface area (Å²) >= 11 is 0. The minimum Gasteiger partial charge on any atom is -0.472 e. The van der Waals surface area contributed by atoms with E-state index in [4.69, 9.17) is 10.4 Å². The first kappa shape index (κ1) is 10.8. The number of nitrogens with zero attached hydrogens (tertiary/aromatic N) is 1. The zero-order valence-corrected chi connectivity index (χ0v) is 8.19. The summed E-state index contributed by atoms with van der Waals surface area (Å²) < 4.78 is 0. The highest BCUT2D eigenvalue weighted by molar-refractivity contribution is 5.86. The van der Waals surface area contributed by atoms with Crippen LogP contribution in [0.4, 0.5) is 0 Å². The molecular weight excluding hydrogens is 190 g/mol. The average molecular weight is 199 g/mol. The van der Waals surface area contributed by atoms with Gasteiger partial charge in [-0.15, -0.1) is 0 Å². The van der Waals surface area contributed by atoms with Gasteiger partial charge in [0.15, 0.2) is 0 Å². The van der Waals surface area contributed by atoms with Crippen LogP contribution in [0.2, 0.25) is 0 Å². The molecule has 0 radical (unpaired) electrons. The predicted molar refractivity (Wildman–Crippen MR) is 55.0 cm³/mol. The molecule has 1 atom stereocenters. The molecule has 3 nitrogen and oxygen atoms in total. The summed E-state index contributed by atoms with van der Waals surface area (Å²) in [6.45, 7) is 1.82. The molecule has 0 heterocycles. The van der Waals surface area contributed by atoms with E-state index in [2.05, 4.69) is 11.8 Å². The van der Waals surface area contributed by atoms with Gasteiger partial charge in [-0.2, -0.15) is 5.26 Å². The molecule has 1 aromatic rings. The Morgan fingerprint density at radius 1 is 1.40 bits per heavy atom. The van der Waals surface area contributed by atoms with Crippen molar-refractivity contribution in [3.63, 3.8) is 0 Å². The number of nitriles is 1. The number of hydrogen-bond donors (Lipinski definition) is 1. The second-order valence-electron chi connectivity index (χ2n) is 3.03. The van der Waals surface area contributed by atoms with Gasteiger partial charge in [-0.1, -0.05) is 18.1 Å². The minimum atomic E-state index is -1.13. The quantitative estimate of drug-likeness (QED) is 0.701. The van der Waals surface area contributed by atoms with E-state index in [1.165, 1.54) is 0 Å². The molecule has 0 spiro atoms. The molecule has 0 amide bonds. The van der Waals surface area contributed by atoms with E-state index >= 15 is 0 Å². The first-order valence-electron chi connectivity index (χ1n) is 4.38. The van der Waals surface area contributed by atoms with E-state index in [9.17, 15) is 4.79 Å². The van der Waals surface area contributed by atoms with Gasteiger partial charge in [-0.25, -0.2) is 4.79 Å². The maximum Gasteiger partial charge on any atom is 0.381 e. The SMILES string of the molecule is CC(C#CC(=O)O)c1ccc(C#N)cc1. The third-order valence-electron chi connectivity index (χ3n) is 1.94. The molecular formula is C12H9NO2. The Balaban J connectivity index is 2.85. The van der Waals surface area contributed by atoms with Gasteiger partial charge in [0.25, 0.3) is 0 Å². The Bertz CT molecular complexity index is 457. The van der Waals surface area contributed by atoms with Crippen molar-refractivity contribution in [2.45, 2.75) is 12.8 Å². The molecule has 0 aliphatic heterocycles. The second-order valence-corrected chi connectivity index (χ2v) is 3.03. The Labute approximate surface area is 88.0 Å². The molecule has 74 valence electrons. The smallest absolute Gasteiger partial charge is 0.381 e. The van der Waals surface area contributed by atoms with Crippen molar-refractivity contribution in [2.75, 3.05) is 0 Å². The Kier molecular flexibility index (Phi) is 3.49. The van der Waals surface area contributed by atoms with Gasteiger partial charge in [0.1, 0.15) is 0 Å². The summed E-state index contributed by atoms with van der Waals surface area (Å²) in [5.74, 6) is 3.40. The monoisotopic (exact) mass is 199 g/mol. The van der Waals surface area contributed by atoms with Gasteiger partial charge >= 0.3 is 5.97 Å². The number of carboxylic acids is 1. The maximum absolute atomic E-state index is 10.2. The largest absolute Gasteiger partial charge is 0.472 e. The van der Waals surface area contributed by atoms with Gasteiger partial charge in [0.2, 0.25) is 0 Å². The van der Waals surface area contributed by atoms with Crippen molar-refractivity contribution in [1.82, 2.24) is 0 Å². The lowest BCUT2D eigenvalue weighted by atomic mass is 10.0. The van der Waals surface area contributed by atoms with Crippen LogP contribution in [-0.2, 0) is 4.79 Å². The zero-order chi connectivity index (χ0) is 11.3. The van der Waals surface area contributed by atoms with E-state index < -0.39 is 5.97 Å². The lowest BCUT2D eigenvalue weighted by Gasteiger charge is -2.02. The molecule has 0 saturated heterocycles. The van der Waals surface area contributed by atoms with E-state index in [0.29, 0.717) is 5.56 Å². The average Bonchev–Trinajstić information content (AvgIpc) is 2.26. The van der Waals surface area contributed by atoms with Crippen molar-refractivity contribution in [3.8, 4) is 17.9 Å². The lowest BCUT2D eigenvalue weighted by Crippen LogP contribution is -1.93. The molecule has 1 unspecified atom stereocenters. The van der Waals surface area contributed by atoms with Crippen molar-refractivity contribution in [3.05, 3.63) is 35.4 Å². The molecule has 0 saturated carbocycles. The third-order valence-corrected chi connectivity index (χ3v) is 1.94. The summed E-state index contributed by atoms with van der Waals surface area (Å²) in [5, 5.41) is 17.0. The molecule has 0 aliphatic rings. The molecule has 1 N–H and O–H groups in total. The van der Waals surface area contributed by atoms with E-state index in [0.717, 1.165) is 5.56 Å². The normalized spacial score (nSPS) is 10.7. The molecule has 1 rings (SSSR count). The van der Waals surface area contributed by atoms with Crippen LogP contribution < -0.4 is 0 Å². The third kappa shape index (κ3) is 3.17. The molecule has 15 heavy (non-hydrogen) atoms. The van der Waals surface area contributed by atoms with Gasteiger partial charge in [-0.05, 0) is 24.6 Å². The van der Waals surface area contributed by atoms with Gasteiger partial charge in [0.05, 0.1) is 11.6 Å². The Morgan fingerprint density at radius 3 is 2.47 bits per heavy atom. The zero-order valence-electron chi connectivity index (χ0n) is 8.19. The number of hydrogen-bond acceptors (Lipinski definition) is 2. The Hall–Kier alpha value is -2.26. The Morgan fingerprint density at radius 2 is 2.00 bits per heavy atom. The summed E-state index contributed by atoms with van der Waals surface area (Å²) in [6, 6.07) is 8.95. The van der Waals surface area contributed by atoms with Crippen LogP contribution in [0.5, 0.6) is 0 Å². The van der Waals surface area contributed by atoms with Gasteiger partial charge in [-0.3, -0.25) is 0 Å². The van der Waals surface area contributed by atoms with Gasteiger partial charge < -0.3 is 5.11 Å². The summed E-state index contributed by atoms with van der Waals surface area (Å²) in [5.41, 5.74) is 1.49. The van der Waals surface area contributed by atoms with Crippen LogP contribution in [-0.4, -0.2) is 11.1 Å². The number of carbonyl (C=O) groups is 1. The number of rotatable bonds is 1. The van der Waals surface area contributed by atoms with Gasteiger partial charge in [0, 0.05) is 11.8 Å².